The number of Topliss-reactive ketones (excluding diaryl/α,β-unsaturated/α-hetero) is 1. The summed E-state index contributed by atoms with van der Waals surface area (Å²) in [6.07, 6.45) is 4.06. The van der Waals surface area contributed by atoms with Gasteiger partial charge in [0.1, 0.15) is 5.94 Å². The summed E-state index contributed by atoms with van der Waals surface area (Å²) in [7, 11) is 0. The predicted octanol–water partition coefficient (Wildman–Crippen LogP) is 5.69. The molecule has 3 unspecified atom stereocenters. The van der Waals surface area contributed by atoms with E-state index < -0.39 is 0 Å². The third-order valence-electron chi connectivity index (χ3n) is 6.78. The molecule has 3 aromatic rings. The standard InChI is InChI=1S/C26H25ClN2O3/c1-16(21-13-17(15-30)19-6-2-3-7-20(19)26(21)31)12-23-22-14-18(27)9-10-24(22)29(28-23)25-8-4-5-11-32-25/h2-3,6-7,9-10,14,16,21,25H,4-5,8,11-13H2,1H3. The van der Waals surface area contributed by atoms with E-state index >= 15 is 0 Å². The van der Waals surface area contributed by atoms with Crippen LogP contribution in [-0.2, 0) is 16.0 Å². The van der Waals surface area contributed by atoms with Crippen molar-refractivity contribution in [3.8, 4) is 0 Å². The molecule has 2 heterocycles. The Morgan fingerprint density at radius 1 is 1.22 bits per heavy atom. The van der Waals surface area contributed by atoms with E-state index in [4.69, 9.17) is 21.4 Å². The second kappa shape index (κ2) is 8.67. The highest BCUT2D eigenvalue weighted by Gasteiger charge is 2.35. The molecule has 0 saturated carbocycles. The second-order valence-corrected chi connectivity index (χ2v) is 9.29. The third-order valence-corrected chi connectivity index (χ3v) is 7.01. The SMILES string of the molecule is CC(Cc1nn(C2CCCCO2)c2ccc(Cl)cc12)C1CC(=C=O)c2ccccc2C1=O. The Hall–Kier alpha value is -2.72. The summed E-state index contributed by atoms with van der Waals surface area (Å²) in [5, 5.41) is 6.59. The first kappa shape index (κ1) is 21.1. The fourth-order valence-corrected chi connectivity index (χ4v) is 5.22. The van der Waals surface area contributed by atoms with Gasteiger partial charge >= 0.3 is 0 Å². The number of benzene rings is 2. The van der Waals surface area contributed by atoms with Gasteiger partial charge in [-0.05, 0) is 61.8 Å². The van der Waals surface area contributed by atoms with E-state index in [0.29, 0.717) is 34.6 Å². The molecule has 1 aliphatic carbocycles. The maximum atomic E-state index is 13.3. The number of fused-ring (bicyclic) bond motifs is 2. The number of aromatic nitrogens is 2. The van der Waals surface area contributed by atoms with Crippen molar-refractivity contribution >= 4 is 39.8 Å². The highest BCUT2D eigenvalue weighted by molar-refractivity contribution is 6.31. The minimum atomic E-state index is -0.285. The quantitative estimate of drug-likeness (QED) is 0.481. The van der Waals surface area contributed by atoms with E-state index in [9.17, 15) is 9.59 Å². The van der Waals surface area contributed by atoms with Crippen molar-refractivity contribution in [2.45, 2.75) is 45.3 Å². The van der Waals surface area contributed by atoms with Crippen LogP contribution in [0, 0.1) is 11.8 Å². The number of ketones is 1. The van der Waals surface area contributed by atoms with Gasteiger partial charge in [-0.15, -0.1) is 0 Å². The van der Waals surface area contributed by atoms with Gasteiger partial charge in [0.05, 0.1) is 11.2 Å². The monoisotopic (exact) mass is 448 g/mol. The van der Waals surface area contributed by atoms with Crippen LogP contribution in [-0.4, -0.2) is 28.1 Å². The molecular formula is C26H25ClN2O3. The number of allylic oxidation sites excluding steroid dienone is 1. The molecule has 6 heteroatoms. The molecule has 2 aromatic carbocycles. The third kappa shape index (κ3) is 3.71. The first-order chi connectivity index (χ1) is 15.6. The Morgan fingerprint density at radius 3 is 2.78 bits per heavy atom. The van der Waals surface area contributed by atoms with Gasteiger partial charge in [-0.1, -0.05) is 42.8 Å². The van der Waals surface area contributed by atoms with Gasteiger partial charge in [-0.3, -0.25) is 4.79 Å². The van der Waals surface area contributed by atoms with Gasteiger partial charge in [0, 0.05) is 34.1 Å². The van der Waals surface area contributed by atoms with Crippen molar-refractivity contribution in [2.24, 2.45) is 11.8 Å². The van der Waals surface area contributed by atoms with Crippen molar-refractivity contribution in [1.29, 1.82) is 0 Å². The van der Waals surface area contributed by atoms with Crippen molar-refractivity contribution in [3.63, 3.8) is 0 Å². The van der Waals surface area contributed by atoms with Crippen LogP contribution in [0.1, 0.15) is 60.5 Å². The molecule has 5 nitrogen and oxygen atoms in total. The van der Waals surface area contributed by atoms with Crippen LogP contribution >= 0.6 is 11.6 Å². The summed E-state index contributed by atoms with van der Waals surface area (Å²) in [6.45, 7) is 2.80. The summed E-state index contributed by atoms with van der Waals surface area (Å²) < 4.78 is 7.96. The van der Waals surface area contributed by atoms with Gasteiger partial charge in [0.15, 0.2) is 12.0 Å². The van der Waals surface area contributed by atoms with E-state index in [1.807, 2.05) is 41.1 Å². The fourth-order valence-electron chi connectivity index (χ4n) is 5.05. The lowest BCUT2D eigenvalue weighted by molar-refractivity contribution is -0.0369. The predicted molar refractivity (Wildman–Crippen MR) is 124 cm³/mol. The van der Waals surface area contributed by atoms with Crippen molar-refractivity contribution < 1.29 is 14.3 Å². The van der Waals surface area contributed by atoms with Crippen LogP contribution in [0.2, 0.25) is 5.02 Å². The Labute approximate surface area is 192 Å². The molecule has 3 atom stereocenters. The van der Waals surface area contributed by atoms with Crippen LogP contribution in [0.25, 0.3) is 16.5 Å². The van der Waals surface area contributed by atoms with Gasteiger partial charge in [-0.25, -0.2) is 9.48 Å². The van der Waals surface area contributed by atoms with E-state index in [2.05, 4.69) is 12.9 Å². The zero-order valence-electron chi connectivity index (χ0n) is 18.0. The average Bonchev–Trinajstić information content (AvgIpc) is 3.17. The highest BCUT2D eigenvalue weighted by Crippen LogP contribution is 2.38. The van der Waals surface area contributed by atoms with Crippen LogP contribution < -0.4 is 0 Å². The first-order valence-electron chi connectivity index (χ1n) is 11.2. The van der Waals surface area contributed by atoms with E-state index in [-0.39, 0.29) is 23.8 Å². The molecule has 1 aromatic heterocycles. The first-order valence-corrected chi connectivity index (χ1v) is 11.6. The topological polar surface area (TPSA) is 61.2 Å². The summed E-state index contributed by atoms with van der Waals surface area (Å²) in [6, 6.07) is 13.1. The van der Waals surface area contributed by atoms with Gasteiger partial charge in [-0.2, -0.15) is 5.10 Å². The number of hydrogen-bond donors (Lipinski definition) is 0. The normalized spacial score (nSPS) is 21.9. The number of hydrogen-bond acceptors (Lipinski definition) is 4. The van der Waals surface area contributed by atoms with E-state index in [1.165, 1.54) is 0 Å². The van der Waals surface area contributed by atoms with Crippen LogP contribution in [0.4, 0.5) is 0 Å². The Kier molecular flexibility index (Phi) is 5.73. The summed E-state index contributed by atoms with van der Waals surface area (Å²) in [5.41, 5.74) is 3.81. The lowest BCUT2D eigenvalue weighted by Gasteiger charge is -2.28. The molecule has 2 aliphatic rings. The molecule has 1 fully saturated rings. The number of nitrogens with zero attached hydrogens (tertiary/aromatic N) is 2. The highest BCUT2D eigenvalue weighted by atomic mass is 35.5. The lowest BCUT2D eigenvalue weighted by Crippen LogP contribution is -2.29. The summed E-state index contributed by atoms with van der Waals surface area (Å²) in [4.78, 5) is 24.9. The summed E-state index contributed by atoms with van der Waals surface area (Å²) >= 11 is 6.32. The molecule has 32 heavy (non-hydrogen) atoms. The van der Waals surface area contributed by atoms with Crippen molar-refractivity contribution in [3.05, 3.63) is 64.3 Å². The Bertz CT molecular complexity index is 1240. The molecule has 0 bridgehead atoms. The maximum Gasteiger partial charge on any atom is 0.167 e. The molecule has 0 amide bonds. The molecule has 0 radical (unpaired) electrons. The number of rotatable bonds is 4. The Morgan fingerprint density at radius 2 is 2.03 bits per heavy atom. The van der Waals surface area contributed by atoms with E-state index in [1.54, 1.807) is 6.07 Å². The fraction of sp³-hybridized carbons (Fsp3) is 0.385. The van der Waals surface area contributed by atoms with Crippen LogP contribution in [0.5, 0.6) is 0 Å². The molecule has 1 aliphatic heterocycles. The van der Waals surface area contributed by atoms with Crippen molar-refractivity contribution in [1.82, 2.24) is 9.78 Å². The molecule has 164 valence electrons. The largest absolute Gasteiger partial charge is 0.356 e. The molecule has 5 rings (SSSR count). The number of carbonyl (C=O) groups is 1. The van der Waals surface area contributed by atoms with Gasteiger partial charge in [0.2, 0.25) is 0 Å². The molecule has 1 saturated heterocycles. The van der Waals surface area contributed by atoms with Crippen molar-refractivity contribution in [2.75, 3.05) is 6.61 Å². The minimum Gasteiger partial charge on any atom is -0.356 e. The van der Waals surface area contributed by atoms with Gasteiger partial charge < -0.3 is 4.74 Å². The number of carbonyl (C=O) groups excluding carboxylic acids is 2. The smallest absolute Gasteiger partial charge is 0.167 e. The zero-order valence-corrected chi connectivity index (χ0v) is 18.8. The molecule has 0 N–H and O–H groups in total. The number of halogens is 1. The average molecular weight is 449 g/mol. The second-order valence-electron chi connectivity index (χ2n) is 8.86. The number of ether oxygens (including phenoxy) is 1. The summed E-state index contributed by atoms with van der Waals surface area (Å²) in [5.74, 6) is 1.87. The molecule has 0 spiro atoms. The van der Waals surface area contributed by atoms with Crippen LogP contribution in [0.15, 0.2) is 42.5 Å². The Balaban J connectivity index is 1.49. The lowest BCUT2D eigenvalue weighted by atomic mass is 9.73. The van der Waals surface area contributed by atoms with E-state index in [0.717, 1.165) is 42.5 Å². The van der Waals surface area contributed by atoms with Crippen LogP contribution in [0.3, 0.4) is 0 Å². The zero-order chi connectivity index (χ0) is 22.2. The molecular weight excluding hydrogens is 424 g/mol. The van der Waals surface area contributed by atoms with Gasteiger partial charge in [0.25, 0.3) is 0 Å². The minimum absolute atomic E-state index is 0.00277. The maximum absolute atomic E-state index is 13.3.